The number of alkyl halides is 3. The fourth-order valence-electron chi connectivity index (χ4n) is 1.50. The number of aryl methyl sites for hydroxylation is 1. The van der Waals surface area contributed by atoms with Gasteiger partial charge in [-0.15, -0.1) is 0 Å². The predicted molar refractivity (Wildman–Crippen MR) is 53.3 cm³/mol. The fourth-order valence-corrected chi connectivity index (χ4v) is 1.50. The van der Waals surface area contributed by atoms with Crippen molar-refractivity contribution in [2.75, 3.05) is 13.6 Å². The lowest BCUT2D eigenvalue weighted by Gasteiger charge is -2.05. The quantitative estimate of drug-likeness (QED) is 0.764. The minimum absolute atomic E-state index is 0.117. The van der Waals surface area contributed by atoms with Gasteiger partial charge in [-0.05, 0) is 26.4 Å². The van der Waals surface area contributed by atoms with Crippen molar-refractivity contribution in [3.63, 3.8) is 0 Å². The Morgan fingerprint density at radius 1 is 1.44 bits per heavy atom. The summed E-state index contributed by atoms with van der Waals surface area (Å²) in [5.74, 6) is 0. The van der Waals surface area contributed by atoms with E-state index in [1.807, 2.05) is 5.10 Å². The molecule has 0 aliphatic heterocycles. The number of rotatable bonds is 4. The monoisotopic (exact) mass is 237 g/mol. The number of hydrogen-bond donors (Lipinski definition) is 2. The number of halogens is 3. The van der Waals surface area contributed by atoms with Gasteiger partial charge in [-0.3, -0.25) is 14.6 Å². The van der Waals surface area contributed by atoms with Crippen molar-refractivity contribution >= 4 is 0 Å². The smallest absolute Gasteiger partial charge is 0.320 e. The average Bonchev–Trinajstić information content (AvgIpc) is 2.45. The molecule has 1 aromatic heterocycles. The molecular formula is C9H14F3N3O. The first-order valence-corrected chi connectivity index (χ1v) is 4.87. The van der Waals surface area contributed by atoms with Crippen LogP contribution in [0.25, 0.3) is 0 Å². The molecule has 0 aromatic carbocycles. The molecule has 0 aliphatic rings. The summed E-state index contributed by atoms with van der Waals surface area (Å²) in [4.78, 5) is 11.4. The van der Waals surface area contributed by atoms with E-state index in [4.69, 9.17) is 0 Å². The second-order valence-electron chi connectivity index (χ2n) is 3.53. The van der Waals surface area contributed by atoms with Gasteiger partial charge in [-0.25, -0.2) is 0 Å². The maximum absolute atomic E-state index is 12.6. The van der Waals surface area contributed by atoms with Crippen LogP contribution in [0.3, 0.4) is 0 Å². The van der Waals surface area contributed by atoms with E-state index in [-0.39, 0.29) is 12.0 Å². The molecule has 0 unspecified atom stereocenters. The van der Waals surface area contributed by atoms with Crippen LogP contribution in [0.1, 0.15) is 17.7 Å². The van der Waals surface area contributed by atoms with E-state index < -0.39 is 17.4 Å². The zero-order valence-corrected chi connectivity index (χ0v) is 9.11. The Balaban J connectivity index is 3.01. The molecular weight excluding hydrogens is 223 g/mol. The Labute approximate surface area is 90.4 Å². The zero-order valence-electron chi connectivity index (χ0n) is 9.11. The summed E-state index contributed by atoms with van der Waals surface area (Å²) in [7, 11) is 2.99. The number of hydrogen-bond acceptors (Lipinski definition) is 2. The first-order chi connectivity index (χ1) is 7.38. The molecule has 0 atom stereocenters. The van der Waals surface area contributed by atoms with E-state index in [1.54, 1.807) is 7.05 Å². The first-order valence-electron chi connectivity index (χ1n) is 4.87. The lowest BCUT2D eigenvalue weighted by Crippen LogP contribution is -2.18. The molecule has 0 saturated heterocycles. The highest BCUT2D eigenvalue weighted by Crippen LogP contribution is 2.29. The van der Waals surface area contributed by atoms with Crippen molar-refractivity contribution in [1.29, 1.82) is 0 Å². The summed E-state index contributed by atoms with van der Waals surface area (Å²) >= 11 is 0. The van der Waals surface area contributed by atoms with Crippen LogP contribution in [0.5, 0.6) is 0 Å². The Kier molecular flexibility index (Phi) is 3.79. The van der Waals surface area contributed by atoms with Crippen molar-refractivity contribution in [3.8, 4) is 0 Å². The molecule has 7 heteroatoms. The van der Waals surface area contributed by atoms with Crippen molar-refractivity contribution in [3.05, 3.63) is 21.6 Å². The molecule has 0 amide bonds. The van der Waals surface area contributed by atoms with Crippen molar-refractivity contribution in [2.45, 2.75) is 19.0 Å². The van der Waals surface area contributed by atoms with Crippen LogP contribution in [0, 0.1) is 0 Å². The topological polar surface area (TPSA) is 49.8 Å². The molecule has 16 heavy (non-hydrogen) atoms. The van der Waals surface area contributed by atoms with E-state index in [0.717, 1.165) is 4.68 Å². The largest absolute Gasteiger partial charge is 0.433 e. The van der Waals surface area contributed by atoms with Gasteiger partial charge in [-0.2, -0.15) is 13.2 Å². The molecule has 0 aliphatic carbocycles. The lowest BCUT2D eigenvalue weighted by molar-refractivity contribution is -0.142. The average molecular weight is 237 g/mol. The molecule has 0 fully saturated rings. The molecule has 4 nitrogen and oxygen atoms in total. The van der Waals surface area contributed by atoms with E-state index >= 15 is 0 Å². The Morgan fingerprint density at radius 3 is 2.56 bits per heavy atom. The van der Waals surface area contributed by atoms with Gasteiger partial charge in [0, 0.05) is 12.6 Å². The van der Waals surface area contributed by atoms with Gasteiger partial charge < -0.3 is 5.32 Å². The van der Waals surface area contributed by atoms with Gasteiger partial charge in [0.1, 0.15) is 5.69 Å². The van der Waals surface area contributed by atoms with Gasteiger partial charge >= 0.3 is 6.18 Å². The summed E-state index contributed by atoms with van der Waals surface area (Å²) in [5.41, 5.74) is -1.73. The van der Waals surface area contributed by atoms with Crippen LogP contribution in [0.4, 0.5) is 13.2 Å². The third kappa shape index (κ3) is 2.66. The van der Waals surface area contributed by atoms with E-state index in [9.17, 15) is 18.0 Å². The second kappa shape index (κ2) is 4.73. The van der Waals surface area contributed by atoms with E-state index in [2.05, 4.69) is 5.32 Å². The molecule has 0 radical (unpaired) electrons. The number of H-pyrrole nitrogens is 1. The normalized spacial score (nSPS) is 12.1. The molecule has 1 heterocycles. The summed E-state index contributed by atoms with van der Waals surface area (Å²) in [6, 6.07) is 0. The molecule has 2 N–H and O–H groups in total. The van der Waals surface area contributed by atoms with Gasteiger partial charge in [0.2, 0.25) is 0 Å². The molecule has 0 spiro atoms. The van der Waals surface area contributed by atoms with Gasteiger partial charge in [-0.1, -0.05) is 0 Å². The van der Waals surface area contributed by atoms with Crippen LogP contribution < -0.4 is 10.9 Å². The van der Waals surface area contributed by atoms with E-state index in [0.29, 0.717) is 13.0 Å². The predicted octanol–water partition coefficient (Wildman–Crippen LogP) is 0.884. The SMILES string of the molecule is CNCCCc1c(C(F)(F)F)[nH]n(C)c1=O. The highest BCUT2D eigenvalue weighted by Gasteiger charge is 2.37. The van der Waals surface area contributed by atoms with Crippen molar-refractivity contribution in [2.24, 2.45) is 7.05 Å². The summed E-state index contributed by atoms with van der Waals surface area (Å²) in [6.07, 6.45) is -3.89. The van der Waals surface area contributed by atoms with Crippen LogP contribution >= 0.6 is 0 Å². The van der Waals surface area contributed by atoms with Crippen molar-refractivity contribution < 1.29 is 13.2 Å². The maximum Gasteiger partial charge on any atom is 0.433 e. The third-order valence-corrected chi connectivity index (χ3v) is 2.28. The van der Waals surface area contributed by atoms with Gasteiger partial charge in [0.25, 0.3) is 5.56 Å². The zero-order chi connectivity index (χ0) is 12.3. The van der Waals surface area contributed by atoms with Crippen molar-refractivity contribution in [1.82, 2.24) is 15.1 Å². The van der Waals surface area contributed by atoms with Crippen LogP contribution in [-0.2, 0) is 19.6 Å². The van der Waals surface area contributed by atoms with Crippen LogP contribution in [-0.4, -0.2) is 23.4 Å². The standard InChI is InChI=1S/C9H14F3N3O/c1-13-5-3-4-6-7(9(10,11)12)14-15(2)8(6)16/h13-14H,3-5H2,1-2H3. The molecule has 0 bridgehead atoms. The molecule has 0 saturated carbocycles. The number of aromatic nitrogens is 2. The van der Waals surface area contributed by atoms with Crippen LogP contribution in [0.15, 0.2) is 4.79 Å². The third-order valence-electron chi connectivity index (χ3n) is 2.28. The fraction of sp³-hybridized carbons (Fsp3) is 0.667. The lowest BCUT2D eigenvalue weighted by atomic mass is 10.1. The highest BCUT2D eigenvalue weighted by atomic mass is 19.4. The molecule has 1 rings (SSSR count). The summed E-state index contributed by atoms with van der Waals surface area (Å²) in [6.45, 7) is 0.575. The van der Waals surface area contributed by atoms with Gasteiger partial charge in [0.15, 0.2) is 0 Å². The minimum atomic E-state index is -4.50. The first kappa shape index (κ1) is 12.8. The highest BCUT2D eigenvalue weighted by molar-refractivity contribution is 5.20. The number of nitrogens with one attached hydrogen (secondary N) is 2. The Morgan fingerprint density at radius 2 is 2.06 bits per heavy atom. The van der Waals surface area contributed by atoms with E-state index in [1.165, 1.54) is 7.05 Å². The Bertz CT molecular complexity index is 405. The number of nitrogens with zero attached hydrogens (tertiary/aromatic N) is 1. The molecule has 1 aromatic rings. The summed E-state index contributed by atoms with van der Waals surface area (Å²) < 4.78 is 38.5. The maximum atomic E-state index is 12.6. The number of aromatic amines is 1. The van der Waals surface area contributed by atoms with Crippen LogP contribution in [0.2, 0.25) is 0 Å². The Hall–Kier alpha value is -1.24. The summed E-state index contributed by atoms with van der Waals surface area (Å²) in [5, 5.41) is 4.86. The molecule has 92 valence electrons. The minimum Gasteiger partial charge on any atom is -0.320 e. The second-order valence-corrected chi connectivity index (χ2v) is 3.53. The van der Waals surface area contributed by atoms with Gasteiger partial charge in [0.05, 0.1) is 0 Å².